The molecule has 2 amide bonds. The maximum absolute atomic E-state index is 12.6. The van der Waals surface area contributed by atoms with E-state index in [4.69, 9.17) is 4.74 Å². The van der Waals surface area contributed by atoms with Crippen molar-refractivity contribution in [3.8, 4) is 0 Å². The number of rotatable bonds is 7. The standard InChI is InChI=1S/C19H28N4O3/c1-19(2,3)26-18(25)23-16(17(24)21-10-9-20-4)11-13-12-22-15-8-6-5-7-14(13)15/h5-8,12,16,20,22H,9-11H2,1-4H3,(H,21,24)(H,23,25)/t16-/m0/s1. The number of para-hydroxylation sites is 1. The van der Waals surface area contributed by atoms with Crippen molar-refractivity contribution in [2.45, 2.75) is 38.8 Å². The van der Waals surface area contributed by atoms with Gasteiger partial charge in [-0.05, 0) is 39.4 Å². The van der Waals surface area contributed by atoms with Crippen molar-refractivity contribution in [2.75, 3.05) is 20.1 Å². The van der Waals surface area contributed by atoms with Gasteiger partial charge in [0.15, 0.2) is 0 Å². The summed E-state index contributed by atoms with van der Waals surface area (Å²) in [5.41, 5.74) is 1.33. The number of carbonyl (C=O) groups is 2. The molecule has 0 spiro atoms. The maximum atomic E-state index is 12.6. The molecule has 0 aliphatic rings. The molecule has 0 fully saturated rings. The minimum atomic E-state index is -0.721. The van der Waals surface area contributed by atoms with E-state index in [9.17, 15) is 9.59 Å². The average Bonchev–Trinajstić information content (AvgIpc) is 2.96. The molecular formula is C19H28N4O3. The van der Waals surface area contributed by atoms with Gasteiger partial charge >= 0.3 is 6.09 Å². The topological polar surface area (TPSA) is 95.2 Å². The van der Waals surface area contributed by atoms with Gasteiger partial charge < -0.3 is 25.7 Å². The first-order valence-electron chi connectivity index (χ1n) is 8.77. The van der Waals surface area contributed by atoms with Crippen LogP contribution in [0.5, 0.6) is 0 Å². The molecule has 7 nitrogen and oxygen atoms in total. The first-order valence-corrected chi connectivity index (χ1v) is 8.77. The first kappa shape index (κ1) is 19.8. The summed E-state index contributed by atoms with van der Waals surface area (Å²) in [5.74, 6) is -0.239. The van der Waals surface area contributed by atoms with Gasteiger partial charge in [0, 0.05) is 36.6 Å². The Morgan fingerprint density at radius 1 is 1.19 bits per heavy atom. The van der Waals surface area contributed by atoms with Gasteiger partial charge in [-0.15, -0.1) is 0 Å². The highest BCUT2D eigenvalue weighted by Crippen LogP contribution is 2.19. The lowest BCUT2D eigenvalue weighted by Gasteiger charge is -2.23. The van der Waals surface area contributed by atoms with Crippen molar-refractivity contribution in [1.29, 1.82) is 0 Å². The molecule has 4 N–H and O–H groups in total. The fourth-order valence-electron chi connectivity index (χ4n) is 2.61. The molecule has 0 bridgehead atoms. The minimum Gasteiger partial charge on any atom is -0.444 e. The predicted molar refractivity (Wildman–Crippen MR) is 102 cm³/mol. The van der Waals surface area contributed by atoms with Gasteiger partial charge in [0.1, 0.15) is 11.6 Å². The van der Waals surface area contributed by atoms with Crippen LogP contribution in [0.1, 0.15) is 26.3 Å². The largest absolute Gasteiger partial charge is 0.444 e. The molecule has 0 aliphatic carbocycles. The Morgan fingerprint density at radius 3 is 2.62 bits per heavy atom. The number of benzene rings is 1. The lowest BCUT2D eigenvalue weighted by molar-refractivity contribution is -0.123. The Labute approximate surface area is 153 Å². The molecule has 142 valence electrons. The number of H-pyrrole nitrogens is 1. The third-order valence-corrected chi connectivity index (χ3v) is 3.78. The van der Waals surface area contributed by atoms with Crippen molar-refractivity contribution in [3.05, 3.63) is 36.0 Å². The van der Waals surface area contributed by atoms with Crippen molar-refractivity contribution >= 4 is 22.9 Å². The SMILES string of the molecule is CNCCNC(=O)[C@H](Cc1c[nH]c2ccccc12)NC(=O)OC(C)(C)C. The quantitative estimate of drug-likeness (QED) is 0.568. The monoisotopic (exact) mass is 360 g/mol. The van der Waals surface area contributed by atoms with E-state index in [1.807, 2.05) is 37.5 Å². The van der Waals surface area contributed by atoms with E-state index < -0.39 is 17.7 Å². The number of aromatic nitrogens is 1. The molecule has 0 unspecified atom stereocenters. The molecule has 0 saturated carbocycles. The summed E-state index contributed by atoms with van der Waals surface area (Å²) in [6.07, 6.45) is 1.63. The summed E-state index contributed by atoms with van der Waals surface area (Å²) in [6.45, 7) is 6.49. The zero-order valence-corrected chi connectivity index (χ0v) is 15.8. The lowest BCUT2D eigenvalue weighted by Crippen LogP contribution is -2.50. The maximum Gasteiger partial charge on any atom is 0.408 e. The van der Waals surface area contributed by atoms with E-state index in [1.165, 1.54) is 0 Å². The van der Waals surface area contributed by atoms with Gasteiger partial charge in [0.2, 0.25) is 5.91 Å². The van der Waals surface area contributed by atoms with Crippen LogP contribution in [0.3, 0.4) is 0 Å². The number of hydrogen-bond acceptors (Lipinski definition) is 4. The van der Waals surface area contributed by atoms with E-state index in [0.717, 1.165) is 16.5 Å². The smallest absolute Gasteiger partial charge is 0.408 e. The molecule has 2 aromatic rings. The zero-order chi connectivity index (χ0) is 19.2. The molecule has 1 heterocycles. The van der Waals surface area contributed by atoms with Gasteiger partial charge in [-0.1, -0.05) is 18.2 Å². The molecule has 1 aromatic heterocycles. The van der Waals surface area contributed by atoms with Crippen LogP contribution >= 0.6 is 0 Å². The van der Waals surface area contributed by atoms with Crippen molar-refractivity contribution in [3.63, 3.8) is 0 Å². The fourth-order valence-corrected chi connectivity index (χ4v) is 2.61. The average molecular weight is 360 g/mol. The molecule has 0 saturated heterocycles. The predicted octanol–water partition coefficient (Wildman–Crippen LogP) is 1.94. The molecule has 0 radical (unpaired) electrons. The summed E-state index contributed by atoms with van der Waals surface area (Å²) in [4.78, 5) is 27.9. The second-order valence-electron chi connectivity index (χ2n) is 7.16. The molecule has 0 aliphatic heterocycles. The van der Waals surface area contributed by atoms with Crippen LogP contribution in [0.25, 0.3) is 10.9 Å². The minimum absolute atomic E-state index is 0.239. The molecule has 26 heavy (non-hydrogen) atoms. The number of likely N-dealkylation sites (N-methyl/N-ethyl adjacent to an activating group) is 1. The highest BCUT2D eigenvalue weighted by molar-refractivity contribution is 5.88. The van der Waals surface area contributed by atoms with Gasteiger partial charge in [-0.2, -0.15) is 0 Å². The van der Waals surface area contributed by atoms with Gasteiger partial charge in [0.05, 0.1) is 0 Å². The van der Waals surface area contributed by atoms with Crippen LogP contribution in [0.2, 0.25) is 0 Å². The van der Waals surface area contributed by atoms with Crippen molar-refractivity contribution < 1.29 is 14.3 Å². The fraction of sp³-hybridized carbons (Fsp3) is 0.474. The number of amides is 2. The molecule has 1 aromatic carbocycles. The number of carbonyl (C=O) groups excluding carboxylic acids is 2. The van der Waals surface area contributed by atoms with Gasteiger partial charge in [-0.25, -0.2) is 4.79 Å². The highest BCUT2D eigenvalue weighted by Gasteiger charge is 2.25. The summed E-state index contributed by atoms with van der Waals surface area (Å²) < 4.78 is 5.30. The summed E-state index contributed by atoms with van der Waals surface area (Å²) >= 11 is 0. The van der Waals surface area contributed by atoms with Crippen molar-refractivity contribution in [2.24, 2.45) is 0 Å². The van der Waals surface area contributed by atoms with E-state index in [2.05, 4.69) is 20.9 Å². The zero-order valence-electron chi connectivity index (χ0n) is 15.8. The number of fused-ring (bicyclic) bond motifs is 1. The van der Waals surface area contributed by atoms with E-state index >= 15 is 0 Å². The van der Waals surface area contributed by atoms with Crippen LogP contribution < -0.4 is 16.0 Å². The van der Waals surface area contributed by atoms with Crippen LogP contribution in [0.15, 0.2) is 30.5 Å². The molecule has 2 rings (SSSR count). The second kappa shape index (κ2) is 8.71. The molecule has 7 heteroatoms. The summed E-state index contributed by atoms with van der Waals surface area (Å²) in [5, 5.41) is 9.53. The van der Waals surface area contributed by atoms with E-state index in [0.29, 0.717) is 19.5 Å². The van der Waals surface area contributed by atoms with E-state index in [-0.39, 0.29) is 5.91 Å². The number of aromatic amines is 1. The third-order valence-electron chi connectivity index (χ3n) is 3.78. The number of alkyl carbamates (subject to hydrolysis) is 1. The Kier molecular flexibility index (Phi) is 6.63. The normalized spacial score (nSPS) is 12.6. The lowest BCUT2D eigenvalue weighted by atomic mass is 10.0. The van der Waals surface area contributed by atoms with Crippen molar-refractivity contribution in [1.82, 2.24) is 20.9 Å². The van der Waals surface area contributed by atoms with Crippen LogP contribution in [-0.4, -0.2) is 48.8 Å². The number of nitrogens with one attached hydrogen (secondary N) is 4. The third kappa shape index (κ3) is 5.77. The van der Waals surface area contributed by atoms with Gasteiger partial charge in [0.25, 0.3) is 0 Å². The Bertz CT molecular complexity index is 749. The summed E-state index contributed by atoms with van der Waals surface area (Å²) in [6, 6.07) is 7.14. The van der Waals surface area contributed by atoms with E-state index in [1.54, 1.807) is 20.8 Å². The molecular weight excluding hydrogens is 332 g/mol. The first-order chi connectivity index (χ1) is 12.3. The Morgan fingerprint density at radius 2 is 1.92 bits per heavy atom. The second-order valence-corrected chi connectivity index (χ2v) is 7.16. The highest BCUT2D eigenvalue weighted by atomic mass is 16.6. The number of hydrogen-bond donors (Lipinski definition) is 4. The Balaban J connectivity index is 2.13. The molecule has 1 atom stereocenters. The van der Waals surface area contributed by atoms with Crippen LogP contribution in [0, 0.1) is 0 Å². The van der Waals surface area contributed by atoms with Gasteiger partial charge in [-0.3, -0.25) is 4.79 Å². The summed E-state index contributed by atoms with van der Waals surface area (Å²) in [7, 11) is 1.81. The Hall–Kier alpha value is -2.54. The van der Waals surface area contributed by atoms with Crippen LogP contribution in [-0.2, 0) is 16.0 Å². The number of ether oxygens (including phenoxy) is 1. The van der Waals surface area contributed by atoms with Crippen LogP contribution in [0.4, 0.5) is 4.79 Å².